The van der Waals surface area contributed by atoms with Gasteiger partial charge in [0.15, 0.2) is 6.61 Å². The number of carbonyl (C=O) groups is 3. The molecule has 0 atom stereocenters. The molecule has 1 aromatic rings. The van der Waals surface area contributed by atoms with Crippen molar-refractivity contribution in [3.63, 3.8) is 0 Å². The summed E-state index contributed by atoms with van der Waals surface area (Å²) >= 11 is 0. The van der Waals surface area contributed by atoms with Crippen LogP contribution in [0.4, 0.5) is 0 Å². The zero-order valence-electron chi connectivity index (χ0n) is 14.2. The van der Waals surface area contributed by atoms with E-state index in [1.807, 2.05) is 0 Å². The zero-order chi connectivity index (χ0) is 19.0. The Kier molecular flexibility index (Phi) is 7.52. The van der Waals surface area contributed by atoms with Gasteiger partial charge in [0, 0.05) is 18.7 Å². The minimum atomic E-state index is -3.64. The summed E-state index contributed by atoms with van der Waals surface area (Å²) < 4.78 is 31.0. The molecule has 25 heavy (non-hydrogen) atoms. The summed E-state index contributed by atoms with van der Waals surface area (Å²) in [6.45, 7) is 2.55. The Morgan fingerprint density at radius 1 is 1.12 bits per heavy atom. The molecule has 0 fully saturated rings. The molecule has 138 valence electrons. The molecule has 0 saturated heterocycles. The van der Waals surface area contributed by atoms with Gasteiger partial charge >= 0.3 is 5.97 Å². The third-order valence-electron chi connectivity index (χ3n) is 2.85. The van der Waals surface area contributed by atoms with Gasteiger partial charge in [-0.1, -0.05) is 0 Å². The minimum absolute atomic E-state index is 0.0303. The van der Waals surface area contributed by atoms with E-state index in [4.69, 9.17) is 0 Å². The Bertz CT molecular complexity index is 728. The van der Waals surface area contributed by atoms with Crippen LogP contribution in [0.25, 0.3) is 0 Å². The summed E-state index contributed by atoms with van der Waals surface area (Å²) in [5, 5.41) is 4.60. The van der Waals surface area contributed by atoms with Crippen molar-refractivity contribution >= 4 is 27.8 Å². The van der Waals surface area contributed by atoms with Crippen molar-refractivity contribution in [2.75, 3.05) is 20.2 Å². The summed E-state index contributed by atoms with van der Waals surface area (Å²) in [6, 6.07) is 5.00. The van der Waals surface area contributed by atoms with Crippen LogP contribution in [0.3, 0.4) is 0 Å². The first-order valence-corrected chi connectivity index (χ1v) is 8.91. The first-order valence-electron chi connectivity index (χ1n) is 7.42. The standard InChI is InChI=1S/C15H21N3O6S/c1-10(2)18-25(22,23)12-6-4-11(5-7-12)15(21)17-8-14(20)24-9-13(19)16-3/h4-7,10,18H,8-9H2,1-3H3,(H,16,19)(H,17,21). The fourth-order valence-electron chi connectivity index (χ4n) is 1.69. The maximum Gasteiger partial charge on any atom is 0.325 e. The lowest BCUT2D eigenvalue weighted by Crippen LogP contribution is -2.33. The molecule has 0 unspecified atom stereocenters. The Morgan fingerprint density at radius 2 is 1.72 bits per heavy atom. The topological polar surface area (TPSA) is 131 Å². The molecular formula is C15H21N3O6S. The van der Waals surface area contributed by atoms with E-state index in [-0.39, 0.29) is 16.5 Å². The Balaban J connectivity index is 2.60. The molecule has 0 radical (unpaired) electrons. The van der Waals surface area contributed by atoms with Gasteiger partial charge in [0.1, 0.15) is 6.54 Å². The van der Waals surface area contributed by atoms with E-state index in [2.05, 4.69) is 20.1 Å². The largest absolute Gasteiger partial charge is 0.454 e. The Morgan fingerprint density at radius 3 is 2.24 bits per heavy atom. The molecule has 3 N–H and O–H groups in total. The van der Waals surface area contributed by atoms with Crippen molar-refractivity contribution in [1.29, 1.82) is 0 Å². The third-order valence-corrected chi connectivity index (χ3v) is 4.53. The number of nitrogens with one attached hydrogen (secondary N) is 3. The minimum Gasteiger partial charge on any atom is -0.454 e. The van der Waals surface area contributed by atoms with E-state index in [0.29, 0.717) is 0 Å². The molecule has 0 saturated carbocycles. The highest BCUT2D eigenvalue weighted by Gasteiger charge is 2.16. The van der Waals surface area contributed by atoms with Crippen LogP contribution in [-0.4, -0.2) is 52.4 Å². The smallest absolute Gasteiger partial charge is 0.325 e. The van der Waals surface area contributed by atoms with Crippen LogP contribution in [0.2, 0.25) is 0 Å². The van der Waals surface area contributed by atoms with Crippen LogP contribution in [-0.2, 0) is 24.3 Å². The number of amides is 2. The quantitative estimate of drug-likeness (QED) is 0.523. The van der Waals surface area contributed by atoms with Crippen LogP contribution in [0.1, 0.15) is 24.2 Å². The molecule has 0 heterocycles. The number of benzene rings is 1. The van der Waals surface area contributed by atoms with Gasteiger partial charge in [0.05, 0.1) is 4.90 Å². The van der Waals surface area contributed by atoms with Gasteiger partial charge in [0.25, 0.3) is 11.8 Å². The van der Waals surface area contributed by atoms with Crippen LogP contribution < -0.4 is 15.4 Å². The second-order valence-corrected chi connectivity index (χ2v) is 7.03. The average Bonchev–Trinajstić information content (AvgIpc) is 2.56. The van der Waals surface area contributed by atoms with Gasteiger partial charge in [-0.2, -0.15) is 0 Å². The van der Waals surface area contributed by atoms with E-state index in [1.54, 1.807) is 13.8 Å². The maximum atomic E-state index is 12.0. The lowest BCUT2D eigenvalue weighted by atomic mass is 10.2. The van der Waals surface area contributed by atoms with E-state index >= 15 is 0 Å². The second kappa shape index (κ2) is 9.14. The fraction of sp³-hybridized carbons (Fsp3) is 0.400. The summed E-state index contributed by atoms with van der Waals surface area (Å²) in [5.41, 5.74) is 0.183. The number of esters is 1. The lowest BCUT2D eigenvalue weighted by molar-refractivity contribution is -0.147. The first-order chi connectivity index (χ1) is 11.7. The van der Waals surface area contributed by atoms with Crippen LogP contribution in [0, 0.1) is 0 Å². The number of rotatable bonds is 8. The summed E-state index contributed by atoms with van der Waals surface area (Å²) in [6.07, 6.45) is 0. The van der Waals surface area contributed by atoms with E-state index < -0.39 is 41.0 Å². The number of likely N-dealkylation sites (N-methyl/N-ethyl adjacent to an activating group) is 1. The predicted octanol–water partition coefficient (Wildman–Crippen LogP) is -0.608. The molecular weight excluding hydrogens is 350 g/mol. The van der Waals surface area contributed by atoms with E-state index in [0.717, 1.165) is 0 Å². The molecule has 0 aliphatic rings. The Labute approximate surface area is 146 Å². The molecule has 0 spiro atoms. The molecule has 0 bridgehead atoms. The second-order valence-electron chi connectivity index (χ2n) is 5.32. The predicted molar refractivity (Wildman–Crippen MR) is 89.3 cm³/mol. The molecule has 0 aliphatic carbocycles. The first kappa shape index (κ1) is 20.6. The molecule has 0 aliphatic heterocycles. The van der Waals surface area contributed by atoms with Gasteiger partial charge in [0.2, 0.25) is 10.0 Å². The van der Waals surface area contributed by atoms with E-state index in [9.17, 15) is 22.8 Å². The molecule has 1 rings (SSSR count). The van der Waals surface area contributed by atoms with Crippen LogP contribution in [0.5, 0.6) is 0 Å². The van der Waals surface area contributed by atoms with Crippen LogP contribution in [0.15, 0.2) is 29.2 Å². The third kappa shape index (κ3) is 6.89. The highest BCUT2D eigenvalue weighted by molar-refractivity contribution is 7.89. The number of hydrogen-bond acceptors (Lipinski definition) is 6. The van der Waals surface area contributed by atoms with Crippen molar-refractivity contribution in [3.05, 3.63) is 29.8 Å². The van der Waals surface area contributed by atoms with Crippen molar-refractivity contribution in [1.82, 2.24) is 15.4 Å². The molecule has 10 heteroatoms. The fourth-order valence-corrected chi connectivity index (χ4v) is 2.94. The lowest BCUT2D eigenvalue weighted by Gasteiger charge is -2.10. The van der Waals surface area contributed by atoms with Crippen molar-refractivity contribution in [3.8, 4) is 0 Å². The summed E-state index contributed by atoms with van der Waals surface area (Å²) in [4.78, 5) is 34.3. The number of hydrogen-bond donors (Lipinski definition) is 3. The van der Waals surface area contributed by atoms with Crippen molar-refractivity contribution in [2.24, 2.45) is 0 Å². The highest BCUT2D eigenvalue weighted by atomic mass is 32.2. The number of carbonyl (C=O) groups excluding carboxylic acids is 3. The van der Waals surface area contributed by atoms with Gasteiger partial charge in [-0.25, -0.2) is 13.1 Å². The SMILES string of the molecule is CNC(=O)COC(=O)CNC(=O)c1ccc(S(=O)(=O)NC(C)C)cc1. The average molecular weight is 371 g/mol. The van der Waals surface area contributed by atoms with E-state index in [1.165, 1.54) is 31.3 Å². The molecule has 2 amide bonds. The van der Waals surface area contributed by atoms with Gasteiger partial charge in [-0.3, -0.25) is 14.4 Å². The number of sulfonamides is 1. The summed E-state index contributed by atoms with van der Waals surface area (Å²) in [5.74, 6) is -1.80. The molecule has 0 aromatic heterocycles. The van der Waals surface area contributed by atoms with Crippen molar-refractivity contribution < 1.29 is 27.5 Å². The monoisotopic (exact) mass is 371 g/mol. The Hall–Kier alpha value is -2.46. The van der Waals surface area contributed by atoms with Gasteiger partial charge < -0.3 is 15.4 Å². The highest BCUT2D eigenvalue weighted by Crippen LogP contribution is 2.11. The molecule has 1 aromatic carbocycles. The maximum absolute atomic E-state index is 12.0. The summed E-state index contributed by atoms with van der Waals surface area (Å²) in [7, 11) is -2.24. The zero-order valence-corrected chi connectivity index (χ0v) is 15.0. The molecule has 9 nitrogen and oxygen atoms in total. The van der Waals surface area contributed by atoms with Crippen molar-refractivity contribution in [2.45, 2.75) is 24.8 Å². The van der Waals surface area contributed by atoms with Crippen LogP contribution >= 0.6 is 0 Å². The number of ether oxygens (including phenoxy) is 1. The normalized spacial score (nSPS) is 11.0. The van der Waals surface area contributed by atoms with Gasteiger partial charge in [-0.05, 0) is 38.1 Å². The van der Waals surface area contributed by atoms with Gasteiger partial charge in [-0.15, -0.1) is 0 Å².